The first-order chi connectivity index (χ1) is 9.20. The van der Waals surface area contributed by atoms with E-state index in [1.165, 1.54) is 12.1 Å². The molecule has 7 heteroatoms. The molecule has 3 N–H and O–H groups in total. The van der Waals surface area contributed by atoms with E-state index in [1.807, 2.05) is 6.92 Å². The fourth-order valence-electron chi connectivity index (χ4n) is 1.49. The van der Waals surface area contributed by atoms with Crippen LogP contribution >= 0.6 is 0 Å². The zero-order valence-electron chi connectivity index (χ0n) is 10.3. The number of carbonyl (C=O) groups is 1. The number of hydrogen-bond acceptors (Lipinski definition) is 5. The van der Waals surface area contributed by atoms with E-state index in [0.29, 0.717) is 17.9 Å². The molecule has 0 radical (unpaired) electrons. The van der Waals surface area contributed by atoms with E-state index in [1.54, 1.807) is 18.3 Å². The topological polar surface area (TPSA) is 99.8 Å². The standard InChI is InChI=1S/C12H13N5O2/c1-2-13-11-8(4-3-7-14-11)12(19)15-9-5-6-10(18)17-16-9/h3-7H,2H2,1H3,(H,13,14)(H,17,18)(H,15,16,19). The Balaban J connectivity index is 2.20. The molecular weight excluding hydrogens is 246 g/mol. The van der Waals surface area contributed by atoms with Crippen LogP contribution in [0.2, 0.25) is 0 Å². The molecule has 0 unspecified atom stereocenters. The first-order valence-electron chi connectivity index (χ1n) is 5.76. The van der Waals surface area contributed by atoms with Crippen molar-refractivity contribution in [2.75, 3.05) is 17.2 Å². The second-order valence-electron chi connectivity index (χ2n) is 3.69. The molecule has 0 aromatic carbocycles. The van der Waals surface area contributed by atoms with Crippen LogP contribution in [0.25, 0.3) is 0 Å². The highest BCUT2D eigenvalue weighted by Gasteiger charge is 2.12. The number of nitrogens with one attached hydrogen (secondary N) is 3. The van der Waals surface area contributed by atoms with E-state index >= 15 is 0 Å². The van der Waals surface area contributed by atoms with Gasteiger partial charge in [-0.05, 0) is 25.1 Å². The Kier molecular flexibility index (Phi) is 3.87. The Labute approximate surface area is 109 Å². The molecular formula is C12H13N5O2. The van der Waals surface area contributed by atoms with Gasteiger partial charge in [0, 0.05) is 18.8 Å². The maximum Gasteiger partial charge on any atom is 0.264 e. The maximum atomic E-state index is 12.1. The van der Waals surface area contributed by atoms with Crippen molar-refractivity contribution in [2.24, 2.45) is 0 Å². The Morgan fingerprint density at radius 2 is 2.21 bits per heavy atom. The Hall–Kier alpha value is -2.70. The minimum Gasteiger partial charge on any atom is -0.370 e. The summed E-state index contributed by atoms with van der Waals surface area (Å²) in [5, 5.41) is 11.5. The first kappa shape index (κ1) is 12.7. The summed E-state index contributed by atoms with van der Waals surface area (Å²) in [5.41, 5.74) is 0.0880. The van der Waals surface area contributed by atoms with Crippen molar-refractivity contribution in [3.63, 3.8) is 0 Å². The van der Waals surface area contributed by atoms with Gasteiger partial charge >= 0.3 is 0 Å². The summed E-state index contributed by atoms with van der Waals surface area (Å²) in [6.45, 7) is 2.58. The van der Waals surface area contributed by atoms with E-state index in [0.717, 1.165) is 0 Å². The minimum atomic E-state index is -0.344. The van der Waals surface area contributed by atoms with Gasteiger partial charge in [0.2, 0.25) is 0 Å². The molecule has 0 saturated carbocycles. The number of aromatic nitrogens is 3. The number of anilines is 2. The molecule has 0 aliphatic rings. The van der Waals surface area contributed by atoms with Crippen molar-refractivity contribution in [3.05, 3.63) is 46.4 Å². The van der Waals surface area contributed by atoms with E-state index in [-0.39, 0.29) is 17.3 Å². The van der Waals surface area contributed by atoms with E-state index < -0.39 is 0 Å². The highest BCUT2D eigenvalue weighted by atomic mass is 16.2. The van der Waals surface area contributed by atoms with Gasteiger partial charge in [-0.25, -0.2) is 10.1 Å². The van der Waals surface area contributed by atoms with Gasteiger partial charge in [-0.15, -0.1) is 0 Å². The van der Waals surface area contributed by atoms with Gasteiger partial charge in [-0.1, -0.05) is 0 Å². The summed E-state index contributed by atoms with van der Waals surface area (Å²) in [5.74, 6) is 0.437. The van der Waals surface area contributed by atoms with Crippen LogP contribution in [0.1, 0.15) is 17.3 Å². The second kappa shape index (κ2) is 5.76. The number of rotatable bonds is 4. The highest BCUT2D eigenvalue weighted by molar-refractivity contribution is 6.06. The molecule has 2 heterocycles. The van der Waals surface area contributed by atoms with E-state index in [9.17, 15) is 9.59 Å². The molecule has 0 spiro atoms. The smallest absolute Gasteiger partial charge is 0.264 e. The lowest BCUT2D eigenvalue weighted by atomic mass is 10.2. The lowest BCUT2D eigenvalue weighted by Gasteiger charge is -2.08. The number of pyridine rings is 1. The second-order valence-corrected chi connectivity index (χ2v) is 3.69. The van der Waals surface area contributed by atoms with Crippen LogP contribution in [-0.2, 0) is 0 Å². The molecule has 0 atom stereocenters. The van der Waals surface area contributed by atoms with Gasteiger partial charge < -0.3 is 10.6 Å². The maximum absolute atomic E-state index is 12.1. The third-order valence-corrected chi connectivity index (χ3v) is 2.32. The normalized spacial score (nSPS) is 9.95. The van der Waals surface area contributed by atoms with Crippen molar-refractivity contribution < 1.29 is 4.79 Å². The predicted octanol–water partition coefficient (Wildman–Crippen LogP) is 0.849. The van der Waals surface area contributed by atoms with Crippen molar-refractivity contribution in [3.8, 4) is 0 Å². The number of aromatic amines is 1. The van der Waals surface area contributed by atoms with Gasteiger partial charge in [-0.3, -0.25) is 9.59 Å². The van der Waals surface area contributed by atoms with E-state index in [4.69, 9.17) is 0 Å². The molecule has 0 bridgehead atoms. The molecule has 2 aromatic rings. The quantitative estimate of drug-likeness (QED) is 0.755. The molecule has 98 valence electrons. The minimum absolute atomic E-state index is 0.274. The van der Waals surface area contributed by atoms with Gasteiger partial charge in [-0.2, -0.15) is 5.10 Å². The number of carbonyl (C=O) groups excluding carboxylic acids is 1. The Morgan fingerprint density at radius 3 is 2.89 bits per heavy atom. The number of nitrogens with zero attached hydrogens (tertiary/aromatic N) is 2. The molecule has 19 heavy (non-hydrogen) atoms. The van der Waals surface area contributed by atoms with Crippen molar-refractivity contribution in [1.29, 1.82) is 0 Å². The zero-order valence-corrected chi connectivity index (χ0v) is 10.3. The number of amides is 1. The third kappa shape index (κ3) is 3.15. The number of H-pyrrole nitrogens is 1. The molecule has 7 nitrogen and oxygen atoms in total. The molecule has 2 rings (SSSR count). The van der Waals surface area contributed by atoms with Crippen LogP contribution in [0.4, 0.5) is 11.6 Å². The lowest BCUT2D eigenvalue weighted by molar-refractivity contribution is 0.102. The van der Waals surface area contributed by atoms with Gasteiger partial charge in [0.1, 0.15) is 5.82 Å². The van der Waals surface area contributed by atoms with Gasteiger partial charge in [0.05, 0.1) is 5.56 Å². The summed E-state index contributed by atoms with van der Waals surface area (Å²) >= 11 is 0. The van der Waals surface area contributed by atoms with Crippen LogP contribution in [0, 0.1) is 0 Å². The van der Waals surface area contributed by atoms with Gasteiger partial charge in [0.15, 0.2) is 5.82 Å². The van der Waals surface area contributed by atoms with Gasteiger partial charge in [0.25, 0.3) is 11.5 Å². The van der Waals surface area contributed by atoms with Crippen LogP contribution in [0.3, 0.4) is 0 Å². The lowest BCUT2D eigenvalue weighted by Crippen LogP contribution is -2.18. The summed E-state index contributed by atoms with van der Waals surface area (Å²) in [4.78, 5) is 27.0. The molecule has 0 fully saturated rings. The van der Waals surface area contributed by atoms with Crippen LogP contribution in [0.15, 0.2) is 35.3 Å². The number of hydrogen-bond donors (Lipinski definition) is 3. The van der Waals surface area contributed by atoms with Crippen LogP contribution < -0.4 is 16.2 Å². The van der Waals surface area contributed by atoms with Crippen LogP contribution in [0.5, 0.6) is 0 Å². The summed E-state index contributed by atoms with van der Waals surface area (Å²) in [6, 6.07) is 6.05. The zero-order chi connectivity index (χ0) is 13.7. The summed E-state index contributed by atoms with van der Waals surface area (Å²) in [6.07, 6.45) is 1.60. The van der Waals surface area contributed by atoms with Crippen molar-refractivity contribution in [2.45, 2.75) is 6.92 Å². The largest absolute Gasteiger partial charge is 0.370 e. The van der Waals surface area contributed by atoms with Crippen LogP contribution in [-0.4, -0.2) is 27.6 Å². The molecule has 1 amide bonds. The average molecular weight is 259 g/mol. The van der Waals surface area contributed by atoms with Crippen molar-refractivity contribution >= 4 is 17.5 Å². The highest BCUT2D eigenvalue weighted by Crippen LogP contribution is 2.12. The summed E-state index contributed by atoms with van der Waals surface area (Å²) < 4.78 is 0. The van der Waals surface area contributed by atoms with E-state index in [2.05, 4.69) is 25.8 Å². The Bertz CT molecular complexity index is 618. The Morgan fingerprint density at radius 1 is 1.37 bits per heavy atom. The predicted molar refractivity (Wildman–Crippen MR) is 71.2 cm³/mol. The summed E-state index contributed by atoms with van der Waals surface area (Å²) in [7, 11) is 0. The third-order valence-electron chi connectivity index (χ3n) is 2.32. The SMILES string of the molecule is CCNc1ncccc1C(=O)Nc1ccc(=O)[nH]n1. The monoisotopic (exact) mass is 259 g/mol. The molecule has 0 saturated heterocycles. The molecule has 0 aliphatic heterocycles. The molecule has 2 aromatic heterocycles. The molecule has 0 aliphatic carbocycles. The fourth-order valence-corrected chi connectivity index (χ4v) is 1.49. The average Bonchev–Trinajstić information content (AvgIpc) is 2.42. The fraction of sp³-hybridized carbons (Fsp3) is 0.167. The first-order valence-corrected chi connectivity index (χ1v) is 5.76. The van der Waals surface area contributed by atoms with Crippen molar-refractivity contribution in [1.82, 2.24) is 15.2 Å².